The molecule has 0 aliphatic carbocycles. The van der Waals surface area contributed by atoms with Crippen molar-refractivity contribution >= 4 is 10.9 Å². The van der Waals surface area contributed by atoms with Gasteiger partial charge in [0.1, 0.15) is 12.4 Å². The Kier molecular flexibility index (Phi) is 5.39. The summed E-state index contributed by atoms with van der Waals surface area (Å²) in [6, 6.07) is 5.92. The van der Waals surface area contributed by atoms with Crippen LogP contribution >= 0.6 is 0 Å². The van der Waals surface area contributed by atoms with Crippen molar-refractivity contribution in [2.45, 2.75) is 19.4 Å². The Morgan fingerprint density at radius 3 is 2.95 bits per heavy atom. The number of nitrogens with one attached hydrogen (secondary N) is 1. The van der Waals surface area contributed by atoms with Crippen LogP contribution in [0.25, 0.3) is 10.9 Å². The lowest BCUT2D eigenvalue weighted by Crippen LogP contribution is -2.36. The lowest BCUT2D eigenvalue weighted by atomic mass is 10.1. The van der Waals surface area contributed by atoms with Gasteiger partial charge in [-0.25, -0.2) is 4.39 Å². The van der Waals surface area contributed by atoms with Gasteiger partial charge in [-0.05, 0) is 37.1 Å². The zero-order valence-corrected chi connectivity index (χ0v) is 12.7. The monoisotopic (exact) mass is 290 g/mol. The molecule has 114 valence electrons. The Morgan fingerprint density at radius 1 is 1.48 bits per heavy atom. The second kappa shape index (κ2) is 7.27. The van der Waals surface area contributed by atoms with E-state index in [0.717, 1.165) is 24.2 Å². The maximum Gasteiger partial charge on any atom is 0.119 e. The molecule has 0 saturated carbocycles. The molecule has 2 rings (SSSR count). The summed E-state index contributed by atoms with van der Waals surface area (Å²) in [5, 5.41) is 1.17. The highest BCUT2D eigenvalue weighted by atomic mass is 19.1. The third-order valence-corrected chi connectivity index (χ3v) is 3.85. The number of benzene rings is 1. The van der Waals surface area contributed by atoms with Crippen molar-refractivity contribution in [3.63, 3.8) is 0 Å². The van der Waals surface area contributed by atoms with Crippen molar-refractivity contribution in [3.8, 4) is 5.75 Å². The third-order valence-electron chi connectivity index (χ3n) is 3.85. The first-order valence-electron chi connectivity index (χ1n) is 7.24. The molecular weight excluding hydrogens is 267 g/mol. The van der Waals surface area contributed by atoms with Crippen molar-refractivity contribution in [1.29, 1.82) is 0 Å². The smallest absolute Gasteiger partial charge is 0.119 e. The van der Waals surface area contributed by atoms with E-state index in [2.05, 4.69) is 16.5 Å². The predicted molar refractivity (Wildman–Crippen MR) is 85.8 cm³/mol. The largest absolute Gasteiger partial charge is 0.497 e. The van der Waals surface area contributed by atoms with Crippen molar-refractivity contribution in [1.82, 2.24) is 9.88 Å². The number of aromatic nitrogens is 1. The molecule has 1 unspecified atom stereocenters. The molecule has 0 bridgehead atoms. The van der Waals surface area contributed by atoms with Gasteiger partial charge in [-0.1, -0.05) is 6.08 Å². The molecule has 0 aliphatic rings. The van der Waals surface area contributed by atoms with Crippen LogP contribution in [0.15, 0.2) is 37.1 Å². The van der Waals surface area contributed by atoms with Crippen molar-refractivity contribution in [3.05, 3.63) is 42.6 Å². The summed E-state index contributed by atoms with van der Waals surface area (Å²) < 4.78 is 18.2. The van der Waals surface area contributed by atoms with Crippen molar-refractivity contribution in [2.75, 3.05) is 26.9 Å². The number of rotatable bonds is 8. The summed E-state index contributed by atoms with van der Waals surface area (Å²) in [5.74, 6) is 0.850. The molecule has 2 aromatic rings. The zero-order chi connectivity index (χ0) is 15.2. The van der Waals surface area contributed by atoms with E-state index in [1.54, 1.807) is 7.11 Å². The van der Waals surface area contributed by atoms with E-state index < -0.39 is 0 Å². The fraction of sp³-hybridized carbons (Fsp3) is 0.412. The Morgan fingerprint density at radius 2 is 2.29 bits per heavy atom. The number of hydrogen-bond acceptors (Lipinski definition) is 2. The Bertz CT molecular complexity index is 593. The molecule has 1 aromatic carbocycles. The molecule has 1 atom stereocenters. The van der Waals surface area contributed by atoms with Gasteiger partial charge in [0.2, 0.25) is 0 Å². The fourth-order valence-corrected chi connectivity index (χ4v) is 2.51. The van der Waals surface area contributed by atoms with Gasteiger partial charge in [-0.15, -0.1) is 6.58 Å². The molecule has 1 N–H and O–H groups in total. The third kappa shape index (κ3) is 3.64. The Balaban J connectivity index is 2.13. The molecule has 4 heteroatoms. The number of aromatic amines is 1. The minimum atomic E-state index is -0.338. The first kappa shape index (κ1) is 15.6. The van der Waals surface area contributed by atoms with E-state index in [1.807, 2.05) is 37.4 Å². The molecule has 1 aromatic heterocycles. The Labute approximate surface area is 125 Å². The van der Waals surface area contributed by atoms with E-state index in [0.29, 0.717) is 6.54 Å². The highest BCUT2D eigenvalue weighted by Crippen LogP contribution is 2.24. The summed E-state index contributed by atoms with van der Waals surface area (Å²) in [4.78, 5) is 5.37. The lowest BCUT2D eigenvalue weighted by Gasteiger charge is -2.25. The van der Waals surface area contributed by atoms with Gasteiger partial charge in [-0.3, -0.25) is 4.90 Å². The van der Waals surface area contributed by atoms with Crippen molar-refractivity contribution < 1.29 is 9.13 Å². The quantitative estimate of drug-likeness (QED) is 0.753. The van der Waals surface area contributed by atoms with Gasteiger partial charge < -0.3 is 9.72 Å². The van der Waals surface area contributed by atoms with Gasteiger partial charge in [0.15, 0.2) is 0 Å². The standard InChI is InChI=1S/C17H23FN2O/c1-4-8-20(13(2)11-18)9-7-14-12-19-17-6-5-15(21-3)10-16(14)17/h4-6,10,12-13,19H,1,7-9,11H2,2-3H3. The number of H-pyrrole nitrogens is 1. The predicted octanol–water partition coefficient (Wildman–Crippen LogP) is 3.57. The van der Waals surface area contributed by atoms with E-state index in [-0.39, 0.29) is 12.7 Å². The highest BCUT2D eigenvalue weighted by Gasteiger charge is 2.13. The SMILES string of the molecule is C=CCN(CCc1c[nH]c2ccc(OC)cc12)C(C)CF. The minimum Gasteiger partial charge on any atom is -0.497 e. The van der Waals surface area contributed by atoms with Crippen LogP contribution in [0.2, 0.25) is 0 Å². The van der Waals surface area contributed by atoms with Crippen LogP contribution in [0.4, 0.5) is 4.39 Å². The first-order valence-corrected chi connectivity index (χ1v) is 7.24. The van der Waals surface area contributed by atoms with Crippen molar-refractivity contribution in [2.24, 2.45) is 0 Å². The van der Waals surface area contributed by atoms with Gasteiger partial charge >= 0.3 is 0 Å². The van der Waals surface area contributed by atoms with Crippen LogP contribution in [0.5, 0.6) is 5.75 Å². The van der Waals surface area contributed by atoms with Gasteiger partial charge in [0.25, 0.3) is 0 Å². The number of methoxy groups -OCH3 is 1. The molecule has 0 saturated heterocycles. The van der Waals surface area contributed by atoms with Crippen LogP contribution in [-0.4, -0.2) is 42.8 Å². The second-order valence-corrected chi connectivity index (χ2v) is 5.26. The molecule has 0 amide bonds. The number of alkyl halides is 1. The van der Waals surface area contributed by atoms with E-state index in [9.17, 15) is 4.39 Å². The van der Waals surface area contributed by atoms with Gasteiger partial charge in [-0.2, -0.15) is 0 Å². The molecular formula is C17H23FN2O. The molecule has 0 aliphatic heterocycles. The molecule has 21 heavy (non-hydrogen) atoms. The molecule has 0 fully saturated rings. The van der Waals surface area contributed by atoms with E-state index >= 15 is 0 Å². The summed E-state index contributed by atoms with van der Waals surface area (Å²) in [5.41, 5.74) is 2.32. The Hall–Kier alpha value is -1.81. The maximum absolute atomic E-state index is 12.9. The van der Waals surface area contributed by atoms with Crippen LogP contribution in [0, 0.1) is 0 Å². The van der Waals surface area contributed by atoms with Crippen LogP contribution < -0.4 is 4.74 Å². The minimum absolute atomic E-state index is 0.0808. The van der Waals surface area contributed by atoms with Crippen LogP contribution in [0.1, 0.15) is 12.5 Å². The maximum atomic E-state index is 12.9. The number of ether oxygens (including phenoxy) is 1. The summed E-state index contributed by atoms with van der Waals surface area (Å²) >= 11 is 0. The fourth-order valence-electron chi connectivity index (χ4n) is 2.51. The molecule has 3 nitrogen and oxygen atoms in total. The lowest BCUT2D eigenvalue weighted by molar-refractivity contribution is 0.198. The summed E-state index contributed by atoms with van der Waals surface area (Å²) in [7, 11) is 1.67. The second-order valence-electron chi connectivity index (χ2n) is 5.26. The molecule has 1 heterocycles. The van der Waals surface area contributed by atoms with Gasteiger partial charge in [0.05, 0.1) is 7.11 Å². The number of fused-ring (bicyclic) bond motifs is 1. The average molecular weight is 290 g/mol. The normalized spacial score (nSPS) is 12.8. The van der Waals surface area contributed by atoms with E-state index in [4.69, 9.17) is 4.74 Å². The molecule has 0 spiro atoms. The number of hydrogen-bond donors (Lipinski definition) is 1. The number of nitrogens with zero attached hydrogens (tertiary/aromatic N) is 1. The van der Waals surface area contributed by atoms with Crippen LogP contribution in [0.3, 0.4) is 0 Å². The first-order chi connectivity index (χ1) is 10.2. The summed E-state index contributed by atoms with van der Waals surface area (Å²) in [6.45, 7) is 6.83. The number of halogens is 1. The highest BCUT2D eigenvalue weighted by molar-refractivity contribution is 5.84. The van der Waals surface area contributed by atoms with Crippen LogP contribution in [-0.2, 0) is 6.42 Å². The zero-order valence-electron chi connectivity index (χ0n) is 12.7. The molecule has 0 radical (unpaired) electrons. The van der Waals surface area contributed by atoms with Gasteiger partial charge in [0, 0.05) is 36.2 Å². The average Bonchev–Trinajstić information content (AvgIpc) is 2.92. The topological polar surface area (TPSA) is 28.3 Å². The van der Waals surface area contributed by atoms with E-state index in [1.165, 1.54) is 10.9 Å². The summed E-state index contributed by atoms with van der Waals surface area (Å²) in [6.07, 6.45) is 4.71.